The van der Waals surface area contributed by atoms with Gasteiger partial charge in [-0.3, -0.25) is 0 Å². The molecule has 0 aliphatic carbocycles. The van der Waals surface area contributed by atoms with Gasteiger partial charge >= 0.3 is 0 Å². The molecule has 0 spiro atoms. The summed E-state index contributed by atoms with van der Waals surface area (Å²) in [7, 11) is 0. The minimum absolute atomic E-state index is 0.103. The zero-order valence-corrected chi connectivity index (χ0v) is 35.5. The first-order valence-electron chi connectivity index (χ1n) is 24.1. The molecule has 0 heterocycles. The van der Waals surface area contributed by atoms with E-state index in [1.54, 1.807) is 0 Å². The van der Waals surface area contributed by atoms with Gasteiger partial charge < -0.3 is 4.90 Å². The van der Waals surface area contributed by atoms with Gasteiger partial charge in [0.2, 0.25) is 0 Å². The van der Waals surface area contributed by atoms with E-state index < -0.39 is 0 Å². The summed E-state index contributed by atoms with van der Waals surface area (Å²) < 4.78 is 38.5. The monoisotopic (exact) mass is 829 g/mol. The number of benzene rings is 12. The second-order valence-electron chi connectivity index (χ2n) is 16.5. The van der Waals surface area contributed by atoms with Crippen LogP contribution in [0.4, 0.5) is 17.1 Å². The van der Waals surface area contributed by atoms with Gasteiger partial charge in [-0.05, 0) is 141 Å². The number of hydrogen-bond acceptors (Lipinski definition) is 1. The molecule has 0 aliphatic heterocycles. The Morgan fingerprint density at radius 2 is 0.738 bits per heavy atom. The van der Waals surface area contributed by atoms with E-state index in [0.29, 0.717) is 16.9 Å². The lowest BCUT2D eigenvalue weighted by atomic mass is 9.90. The summed E-state index contributed by atoms with van der Waals surface area (Å²) in [6.45, 7) is 0. The summed E-state index contributed by atoms with van der Waals surface area (Å²) in [5.74, 6) is 0. The molecule has 1 nitrogen and oxygen atoms in total. The predicted molar refractivity (Wildman–Crippen MR) is 278 cm³/mol. The van der Waals surface area contributed by atoms with Crippen molar-refractivity contribution in [3.63, 3.8) is 0 Å². The van der Waals surface area contributed by atoms with Crippen molar-refractivity contribution in [1.82, 2.24) is 0 Å². The minimum Gasteiger partial charge on any atom is -0.311 e. The summed E-state index contributed by atoms with van der Waals surface area (Å²) in [4.78, 5) is 1.87. The summed E-state index contributed by atoms with van der Waals surface area (Å²) in [6, 6.07) is 80.9. The number of anilines is 3. The van der Waals surface area contributed by atoms with Crippen molar-refractivity contribution < 1.29 is 5.48 Å². The van der Waals surface area contributed by atoms with Crippen LogP contribution in [0.15, 0.2) is 261 Å². The molecule has 0 saturated carbocycles. The highest BCUT2D eigenvalue weighted by Crippen LogP contribution is 2.42. The Hall–Kier alpha value is -8.52. The van der Waals surface area contributed by atoms with Gasteiger partial charge in [-0.15, -0.1) is 0 Å². The van der Waals surface area contributed by atoms with Gasteiger partial charge in [-0.2, -0.15) is 0 Å². The summed E-state index contributed by atoms with van der Waals surface area (Å²) in [6.07, 6.45) is 0. The highest BCUT2D eigenvalue weighted by atomic mass is 15.1. The van der Waals surface area contributed by atoms with Crippen molar-refractivity contribution in [3.8, 4) is 55.6 Å². The van der Waals surface area contributed by atoms with Crippen molar-refractivity contribution >= 4 is 60.2 Å². The zero-order chi connectivity index (χ0) is 46.6. The van der Waals surface area contributed by atoms with E-state index in [4.69, 9.17) is 0 Å². The molecule has 12 rings (SSSR count). The molecule has 0 radical (unpaired) electrons. The number of rotatable bonds is 8. The lowest BCUT2D eigenvalue weighted by Crippen LogP contribution is -2.09. The maximum absolute atomic E-state index is 9.71. The predicted octanol–water partition coefficient (Wildman–Crippen LogP) is 18.1. The van der Waals surface area contributed by atoms with Crippen molar-refractivity contribution in [2.45, 2.75) is 0 Å². The van der Waals surface area contributed by atoms with Crippen molar-refractivity contribution in [2.24, 2.45) is 0 Å². The third-order valence-corrected chi connectivity index (χ3v) is 12.7. The van der Waals surface area contributed by atoms with Gasteiger partial charge in [0.1, 0.15) is 0 Å². The van der Waals surface area contributed by atoms with Gasteiger partial charge in [0, 0.05) is 17.1 Å². The molecule has 1 heteroatoms. The van der Waals surface area contributed by atoms with E-state index in [1.807, 2.05) is 71.6 Å². The van der Waals surface area contributed by atoms with Crippen molar-refractivity contribution in [1.29, 1.82) is 0 Å². The standard InChI is InChI=1S/C64H43N/c1-2-15-51(16-3-1)64-59-21-9-5-14-47(59)35-42-60(64)49-31-38-54(39-32-49)65(55-40-33-50(34-41-55)63-43-52-17-6-8-20-58(52)61-22-10-11-23-62(61)63)53-36-29-45(30-37-53)44-25-27-48(28-26-44)57-24-12-18-46-13-4-7-19-56(46)57/h1-43H/i29D,30D,36D,37D. The number of fused-ring (bicyclic) bond motifs is 5. The van der Waals surface area contributed by atoms with Crippen LogP contribution in [-0.2, 0) is 0 Å². The SMILES string of the molecule is [2H]c1c([2H])c(N(c2ccc(-c3ccc4ccccc4c3-c3ccccc3)cc2)c2ccc(-c3cc4ccccc4c4ccccc34)cc2)c([2H])c([2H])c1-c1ccc(-c2cccc3ccccc23)cc1. The van der Waals surface area contributed by atoms with Crippen LogP contribution in [-0.4, -0.2) is 0 Å². The molecule has 0 N–H and O–H groups in total. The quantitative estimate of drug-likeness (QED) is 0.138. The molecule has 0 bridgehead atoms. The Morgan fingerprint density at radius 3 is 1.43 bits per heavy atom. The molecule has 0 amide bonds. The molecule has 65 heavy (non-hydrogen) atoms. The lowest BCUT2D eigenvalue weighted by Gasteiger charge is -2.26. The van der Waals surface area contributed by atoms with Gasteiger partial charge in [0.05, 0.1) is 5.48 Å². The van der Waals surface area contributed by atoms with Crippen LogP contribution in [0.3, 0.4) is 0 Å². The second-order valence-corrected chi connectivity index (χ2v) is 16.5. The maximum atomic E-state index is 9.71. The Kier molecular flexibility index (Phi) is 8.54. The highest BCUT2D eigenvalue weighted by Gasteiger charge is 2.17. The largest absolute Gasteiger partial charge is 0.311 e. The fourth-order valence-corrected chi connectivity index (χ4v) is 9.56. The van der Waals surface area contributed by atoms with E-state index in [9.17, 15) is 5.48 Å². The number of nitrogens with zero attached hydrogens (tertiary/aromatic N) is 1. The molecule has 0 fully saturated rings. The van der Waals surface area contributed by atoms with Crippen LogP contribution in [0.25, 0.3) is 98.7 Å². The second kappa shape index (κ2) is 16.3. The molecule has 0 aliphatic rings. The summed E-state index contributed by atoms with van der Waals surface area (Å²) in [5, 5.41) is 9.32. The molecule has 0 saturated heterocycles. The fraction of sp³-hybridized carbons (Fsp3) is 0. The fourth-order valence-electron chi connectivity index (χ4n) is 9.56. The average molecular weight is 830 g/mol. The van der Waals surface area contributed by atoms with Gasteiger partial charge in [0.15, 0.2) is 0 Å². The Bertz CT molecular complexity index is 3890. The summed E-state index contributed by atoms with van der Waals surface area (Å²) in [5.41, 5.74) is 11.1. The first kappa shape index (κ1) is 34.0. The molecular formula is C64H43N. The average Bonchev–Trinajstić information content (AvgIpc) is 3.41. The first-order valence-corrected chi connectivity index (χ1v) is 22.1. The van der Waals surface area contributed by atoms with Crippen LogP contribution in [0.2, 0.25) is 0 Å². The molecule has 0 unspecified atom stereocenters. The normalized spacial score (nSPS) is 12.2. The molecular weight excluding hydrogens is 783 g/mol. The van der Waals surface area contributed by atoms with Crippen LogP contribution < -0.4 is 4.90 Å². The van der Waals surface area contributed by atoms with Gasteiger partial charge in [0.25, 0.3) is 0 Å². The topological polar surface area (TPSA) is 3.24 Å². The van der Waals surface area contributed by atoms with Crippen LogP contribution in [0.5, 0.6) is 0 Å². The molecule has 12 aromatic rings. The van der Waals surface area contributed by atoms with E-state index in [0.717, 1.165) is 76.8 Å². The van der Waals surface area contributed by atoms with Gasteiger partial charge in [-0.1, -0.05) is 218 Å². The molecule has 0 aromatic heterocycles. The number of hydrogen-bond donors (Lipinski definition) is 0. The Balaban J connectivity index is 0.993. The maximum Gasteiger partial charge on any atom is 0.0645 e. The van der Waals surface area contributed by atoms with Crippen LogP contribution in [0, 0.1) is 0 Å². The van der Waals surface area contributed by atoms with Crippen LogP contribution in [0.1, 0.15) is 5.48 Å². The Labute approximate surface area is 385 Å². The minimum atomic E-state index is -0.126. The zero-order valence-electron chi connectivity index (χ0n) is 39.5. The van der Waals surface area contributed by atoms with E-state index in [1.165, 1.54) is 10.8 Å². The van der Waals surface area contributed by atoms with E-state index in [2.05, 4.69) is 170 Å². The van der Waals surface area contributed by atoms with Crippen LogP contribution >= 0.6 is 0 Å². The smallest absolute Gasteiger partial charge is 0.0645 e. The van der Waals surface area contributed by atoms with E-state index >= 15 is 0 Å². The molecule has 304 valence electrons. The van der Waals surface area contributed by atoms with Crippen molar-refractivity contribution in [2.75, 3.05) is 4.90 Å². The van der Waals surface area contributed by atoms with Gasteiger partial charge in [-0.25, -0.2) is 0 Å². The molecule has 12 aromatic carbocycles. The third kappa shape index (κ3) is 7.01. The Morgan fingerprint density at radius 1 is 0.246 bits per heavy atom. The van der Waals surface area contributed by atoms with Crippen molar-refractivity contribution in [3.05, 3.63) is 261 Å². The highest BCUT2D eigenvalue weighted by molar-refractivity contribution is 6.14. The first-order chi connectivity index (χ1) is 33.9. The van der Waals surface area contributed by atoms with E-state index in [-0.39, 0.29) is 35.4 Å². The lowest BCUT2D eigenvalue weighted by molar-refractivity contribution is 1.28. The third-order valence-electron chi connectivity index (χ3n) is 12.7. The summed E-state index contributed by atoms with van der Waals surface area (Å²) >= 11 is 0. The molecule has 0 atom stereocenters.